The Morgan fingerprint density at radius 3 is 2.24 bits per heavy atom. The molecular weight excluding hydrogens is 565 g/mol. The van der Waals surface area contributed by atoms with Crippen molar-refractivity contribution in [1.29, 1.82) is 0 Å². The van der Waals surface area contributed by atoms with Gasteiger partial charge in [-0.3, -0.25) is 0 Å². The standard InChI is InChI=1S/C20H20IN3.C9H20.2C2H6/c1-15-5-2-8-17(13-15)19-10-12-23-20(24-19)22-11-4-7-16-6-3-9-18(21)14-16;1-4-6-8-9(3)7-5-2;2*1-2/h2-3,5-6,8-10,12-14H,4,7,11H2,1H3,(H,22,23,24);9H,4-8H2,1-3H3;2*1-2H3. The van der Waals surface area contributed by atoms with Crippen molar-refractivity contribution in [1.82, 2.24) is 9.97 Å². The Balaban J connectivity index is 0.000000843. The van der Waals surface area contributed by atoms with Crippen LogP contribution in [0.25, 0.3) is 11.3 Å². The molecule has 0 saturated heterocycles. The Morgan fingerprint density at radius 1 is 0.865 bits per heavy atom. The van der Waals surface area contributed by atoms with Crippen LogP contribution in [0.5, 0.6) is 0 Å². The number of hydrogen-bond acceptors (Lipinski definition) is 3. The molecule has 0 bridgehead atoms. The van der Waals surface area contributed by atoms with Crippen LogP contribution in [0.1, 0.15) is 98.1 Å². The number of aromatic nitrogens is 2. The molecule has 0 spiro atoms. The number of nitrogens with zero attached hydrogens (tertiary/aromatic N) is 2. The first kappa shape index (κ1) is 35.0. The monoisotopic (exact) mass is 617 g/mol. The van der Waals surface area contributed by atoms with Crippen molar-refractivity contribution in [2.45, 2.75) is 100 Å². The van der Waals surface area contributed by atoms with Crippen LogP contribution >= 0.6 is 22.6 Å². The van der Waals surface area contributed by atoms with E-state index < -0.39 is 0 Å². The van der Waals surface area contributed by atoms with E-state index in [0.717, 1.165) is 36.6 Å². The second-order valence-corrected chi connectivity index (χ2v) is 10.1. The van der Waals surface area contributed by atoms with Crippen molar-refractivity contribution in [3.05, 3.63) is 75.5 Å². The Bertz CT molecular complexity index is 942. The predicted molar refractivity (Wildman–Crippen MR) is 174 cm³/mol. The molecule has 37 heavy (non-hydrogen) atoms. The van der Waals surface area contributed by atoms with Gasteiger partial charge in [-0.15, -0.1) is 0 Å². The molecule has 0 saturated carbocycles. The topological polar surface area (TPSA) is 37.8 Å². The molecular formula is C33H52IN3. The summed E-state index contributed by atoms with van der Waals surface area (Å²) in [4.78, 5) is 8.94. The molecule has 2 aromatic carbocycles. The highest BCUT2D eigenvalue weighted by Crippen LogP contribution is 2.19. The number of benzene rings is 2. The lowest BCUT2D eigenvalue weighted by molar-refractivity contribution is 0.466. The molecule has 3 nitrogen and oxygen atoms in total. The van der Waals surface area contributed by atoms with Gasteiger partial charge in [0.25, 0.3) is 0 Å². The van der Waals surface area contributed by atoms with Crippen LogP contribution in [0.15, 0.2) is 60.8 Å². The highest BCUT2D eigenvalue weighted by Gasteiger charge is 2.03. The molecule has 206 valence electrons. The second-order valence-electron chi connectivity index (χ2n) is 8.83. The third-order valence-corrected chi connectivity index (χ3v) is 6.29. The van der Waals surface area contributed by atoms with Gasteiger partial charge in [-0.2, -0.15) is 0 Å². The lowest BCUT2D eigenvalue weighted by atomic mass is 10.00. The largest absolute Gasteiger partial charge is 0.354 e. The van der Waals surface area contributed by atoms with Crippen molar-refractivity contribution in [2.75, 3.05) is 11.9 Å². The van der Waals surface area contributed by atoms with Gasteiger partial charge in [0.1, 0.15) is 0 Å². The lowest BCUT2D eigenvalue weighted by Gasteiger charge is -2.07. The van der Waals surface area contributed by atoms with E-state index in [9.17, 15) is 0 Å². The highest BCUT2D eigenvalue weighted by molar-refractivity contribution is 14.1. The number of unbranched alkanes of at least 4 members (excludes halogenated alkanes) is 1. The minimum absolute atomic E-state index is 0.691. The average Bonchev–Trinajstić information content (AvgIpc) is 2.93. The number of hydrogen-bond donors (Lipinski definition) is 1. The Morgan fingerprint density at radius 2 is 1.59 bits per heavy atom. The maximum absolute atomic E-state index is 4.62. The van der Waals surface area contributed by atoms with E-state index in [0.29, 0.717) is 5.95 Å². The molecule has 0 amide bonds. The van der Waals surface area contributed by atoms with Gasteiger partial charge in [0.15, 0.2) is 0 Å². The Kier molecular flexibility index (Phi) is 22.0. The molecule has 0 aliphatic rings. The Labute approximate surface area is 242 Å². The molecule has 1 aromatic heterocycles. The van der Waals surface area contributed by atoms with Crippen molar-refractivity contribution in [2.24, 2.45) is 5.92 Å². The van der Waals surface area contributed by atoms with Gasteiger partial charge in [0.05, 0.1) is 5.69 Å². The van der Waals surface area contributed by atoms with Gasteiger partial charge < -0.3 is 5.32 Å². The summed E-state index contributed by atoms with van der Waals surface area (Å²) in [5, 5.41) is 3.33. The number of halogens is 1. The van der Waals surface area contributed by atoms with Crippen molar-refractivity contribution >= 4 is 28.5 Å². The molecule has 3 aromatic rings. The molecule has 1 N–H and O–H groups in total. The van der Waals surface area contributed by atoms with Gasteiger partial charge in [-0.1, -0.05) is 116 Å². The van der Waals surface area contributed by atoms with Gasteiger partial charge in [-0.05, 0) is 78.1 Å². The molecule has 1 atom stereocenters. The summed E-state index contributed by atoms with van der Waals surface area (Å²) in [6.07, 6.45) is 10.9. The lowest BCUT2D eigenvalue weighted by Crippen LogP contribution is -2.06. The van der Waals surface area contributed by atoms with Gasteiger partial charge >= 0.3 is 0 Å². The van der Waals surface area contributed by atoms with Crippen molar-refractivity contribution < 1.29 is 0 Å². The SMILES string of the molecule is CC.CC.CCCCC(C)CCC.Cc1cccc(-c2ccnc(NCCCc3cccc(I)c3)n2)c1. The van der Waals surface area contributed by atoms with Crippen molar-refractivity contribution in [3.63, 3.8) is 0 Å². The van der Waals surface area contributed by atoms with Gasteiger partial charge in [-0.25, -0.2) is 9.97 Å². The highest BCUT2D eigenvalue weighted by atomic mass is 127. The van der Waals surface area contributed by atoms with Crippen LogP contribution in [0, 0.1) is 16.4 Å². The van der Waals surface area contributed by atoms with Crippen LogP contribution < -0.4 is 5.32 Å². The van der Waals surface area contributed by atoms with Gasteiger partial charge in [0, 0.05) is 21.9 Å². The van der Waals surface area contributed by atoms with E-state index in [1.807, 2.05) is 40.0 Å². The number of anilines is 1. The summed E-state index contributed by atoms with van der Waals surface area (Å²) in [5.41, 5.74) is 4.68. The first-order valence-electron chi connectivity index (χ1n) is 14.4. The quantitative estimate of drug-likeness (QED) is 0.172. The fraction of sp³-hybridized carbons (Fsp3) is 0.515. The van der Waals surface area contributed by atoms with E-state index in [2.05, 4.69) is 114 Å². The van der Waals surface area contributed by atoms with Crippen LogP contribution in [0.2, 0.25) is 0 Å². The molecule has 0 radical (unpaired) electrons. The zero-order valence-corrected chi connectivity index (χ0v) is 26.9. The maximum Gasteiger partial charge on any atom is 0.223 e. The van der Waals surface area contributed by atoms with Gasteiger partial charge in [0.2, 0.25) is 5.95 Å². The molecule has 3 rings (SSSR count). The zero-order valence-electron chi connectivity index (χ0n) is 24.8. The van der Waals surface area contributed by atoms with Crippen LogP contribution in [0.4, 0.5) is 5.95 Å². The first-order valence-corrected chi connectivity index (χ1v) is 15.5. The average molecular weight is 618 g/mol. The summed E-state index contributed by atoms with van der Waals surface area (Å²) in [6.45, 7) is 17.8. The maximum atomic E-state index is 4.62. The molecule has 4 heteroatoms. The summed E-state index contributed by atoms with van der Waals surface area (Å²) in [7, 11) is 0. The van der Waals surface area contributed by atoms with E-state index in [4.69, 9.17) is 0 Å². The number of rotatable bonds is 11. The van der Waals surface area contributed by atoms with E-state index in [1.165, 1.54) is 46.8 Å². The fourth-order valence-electron chi connectivity index (χ4n) is 3.78. The minimum Gasteiger partial charge on any atom is -0.354 e. The minimum atomic E-state index is 0.691. The van der Waals surface area contributed by atoms with Crippen LogP contribution in [0.3, 0.4) is 0 Å². The van der Waals surface area contributed by atoms with E-state index in [1.54, 1.807) is 0 Å². The molecule has 1 unspecified atom stereocenters. The smallest absolute Gasteiger partial charge is 0.223 e. The molecule has 0 fully saturated rings. The third kappa shape index (κ3) is 16.5. The summed E-state index contributed by atoms with van der Waals surface area (Å²) in [6, 6.07) is 19.0. The molecule has 1 heterocycles. The second kappa shape index (κ2) is 23.2. The number of aryl methyl sites for hydroxylation is 2. The van der Waals surface area contributed by atoms with Crippen molar-refractivity contribution in [3.8, 4) is 11.3 Å². The Hall–Kier alpha value is -1.95. The number of nitrogens with one attached hydrogen (secondary N) is 1. The normalized spacial score (nSPS) is 10.5. The summed E-state index contributed by atoms with van der Waals surface area (Å²) in [5.74, 6) is 1.66. The first-order chi connectivity index (χ1) is 18.0. The third-order valence-electron chi connectivity index (χ3n) is 5.62. The fourth-order valence-corrected chi connectivity index (χ4v) is 4.39. The van der Waals surface area contributed by atoms with Crippen LogP contribution in [-0.4, -0.2) is 16.5 Å². The zero-order chi connectivity index (χ0) is 27.9. The predicted octanol–water partition coefficient (Wildman–Crippen LogP) is 10.8. The van der Waals surface area contributed by atoms with E-state index >= 15 is 0 Å². The summed E-state index contributed by atoms with van der Waals surface area (Å²) >= 11 is 2.35. The van der Waals surface area contributed by atoms with E-state index in [-0.39, 0.29) is 0 Å². The van der Waals surface area contributed by atoms with Crippen LogP contribution in [-0.2, 0) is 6.42 Å². The molecule has 0 aliphatic carbocycles. The summed E-state index contributed by atoms with van der Waals surface area (Å²) < 4.78 is 1.28. The molecule has 0 aliphatic heterocycles.